The monoisotopic (exact) mass is 509 g/mol. The minimum absolute atomic E-state index is 0.0180. The number of likely N-dealkylation sites (N-methyl/N-ethyl adjacent to an activating group) is 1. The van der Waals surface area contributed by atoms with Gasteiger partial charge in [-0.05, 0) is 33.0 Å². The summed E-state index contributed by atoms with van der Waals surface area (Å²) in [6.07, 6.45) is -0.919. The summed E-state index contributed by atoms with van der Waals surface area (Å²) in [5.41, 5.74) is 6.16. The summed E-state index contributed by atoms with van der Waals surface area (Å²) in [4.78, 5) is 32.5. The molecular formula is C23H37F2N9O2. The minimum atomic E-state index is -1.17. The van der Waals surface area contributed by atoms with E-state index in [-0.39, 0.29) is 42.8 Å². The Morgan fingerprint density at radius 3 is 2.50 bits per heavy atom. The van der Waals surface area contributed by atoms with E-state index in [2.05, 4.69) is 37.9 Å². The van der Waals surface area contributed by atoms with Crippen LogP contribution in [0.3, 0.4) is 0 Å². The van der Waals surface area contributed by atoms with Gasteiger partial charge in [0.2, 0.25) is 5.91 Å². The van der Waals surface area contributed by atoms with Gasteiger partial charge in [0.15, 0.2) is 5.82 Å². The Labute approximate surface area is 209 Å². The van der Waals surface area contributed by atoms with Crippen LogP contribution < -0.4 is 21.7 Å². The molecule has 1 aromatic rings. The van der Waals surface area contributed by atoms with E-state index in [1.54, 1.807) is 0 Å². The molecule has 3 saturated heterocycles. The molecule has 11 nitrogen and oxygen atoms in total. The van der Waals surface area contributed by atoms with Gasteiger partial charge in [0.1, 0.15) is 23.7 Å². The van der Waals surface area contributed by atoms with Crippen molar-refractivity contribution < 1.29 is 18.4 Å². The van der Waals surface area contributed by atoms with Crippen molar-refractivity contribution in [3.8, 4) is 0 Å². The SMILES string of the molecule is CN1CCN(C(=O)C2CCN(C3C(F)CNCC3NC(=O)c3c(N)nn4c3NCC(F)C4)CC2)CC1. The highest BCUT2D eigenvalue weighted by Crippen LogP contribution is 2.28. The Hall–Kier alpha value is -2.51. The van der Waals surface area contributed by atoms with Gasteiger partial charge in [0.05, 0.1) is 18.6 Å². The second kappa shape index (κ2) is 10.5. The molecule has 4 unspecified atom stereocenters. The zero-order valence-electron chi connectivity index (χ0n) is 20.8. The number of piperazine rings is 1. The number of alkyl halides is 2. The van der Waals surface area contributed by atoms with Crippen molar-refractivity contribution in [2.45, 2.75) is 43.8 Å². The Morgan fingerprint density at radius 2 is 1.78 bits per heavy atom. The zero-order chi connectivity index (χ0) is 25.4. The van der Waals surface area contributed by atoms with E-state index in [4.69, 9.17) is 5.73 Å². The lowest BCUT2D eigenvalue weighted by Gasteiger charge is -2.45. The van der Waals surface area contributed by atoms with Crippen LogP contribution >= 0.6 is 0 Å². The highest BCUT2D eigenvalue weighted by Gasteiger charge is 2.42. The van der Waals surface area contributed by atoms with Crippen LogP contribution in [0.5, 0.6) is 0 Å². The van der Waals surface area contributed by atoms with Gasteiger partial charge < -0.3 is 31.5 Å². The van der Waals surface area contributed by atoms with E-state index in [1.807, 2.05) is 4.90 Å². The first-order valence-electron chi connectivity index (χ1n) is 12.9. The Balaban J connectivity index is 1.22. The summed E-state index contributed by atoms with van der Waals surface area (Å²) in [7, 11) is 2.06. The zero-order valence-corrected chi connectivity index (χ0v) is 20.8. The number of anilines is 2. The fraction of sp³-hybridized carbons (Fsp3) is 0.783. The molecule has 5 rings (SSSR count). The lowest BCUT2D eigenvalue weighted by molar-refractivity contribution is -0.139. The Bertz CT molecular complexity index is 960. The summed E-state index contributed by atoms with van der Waals surface area (Å²) in [6, 6.07) is -0.996. The molecule has 13 heteroatoms. The third-order valence-electron chi connectivity index (χ3n) is 7.99. The van der Waals surface area contributed by atoms with Crippen LogP contribution in [0.25, 0.3) is 0 Å². The number of carbonyl (C=O) groups is 2. The molecule has 0 bridgehead atoms. The summed E-state index contributed by atoms with van der Waals surface area (Å²) < 4.78 is 30.3. The largest absolute Gasteiger partial charge is 0.381 e. The van der Waals surface area contributed by atoms with Gasteiger partial charge in [0.25, 0.3) is 5.91 Å². The molecule has 1 aromatic heterocycles. The fourth-order valence-electron chi connectivity index (χ4n) is 5.94. The van der Waals surface area contributed by atoms with Crippen molar-refractivity contribution >= 4 is 23.5 Å². The summed E-state index contributed by atoms with van der Waals surface area (Å²) in [5, 5.41) is 13.0. The number of rotatable bonds is 4. The van der Waals surface area contributed by atoms with Crippen LogP contribution in [-0.4, -0.2) is 127 Å². The topological polar surface area (TPSA) is 124 Å². The molecule has 0 aromatic carbocycles. The summed E-state index contributed by atoms with van der Waals surface area (Å²) >= 11 is 0. The molecule has 0 aliphatic carbocycles. The van der Waals surface area contributed by atoms with Crippen molar-refractivity contribution in [1.82, 2.24) is 35.1 Å². The highest BCUT2D eigenvalue weighted by molar-refractivity contribution is 6.03. The Morgan fingerprint density at radius 1 is 1.06 bits per heavy atom. The molecular weight excluding hydrogens is 472 g/mol. The molecule has 0 saturated carbocycles. The van der Waals surface area contributed by atoms with Gasteiger partial charge in [-0.1, -0.05) is 0 Å². The molecule has 36 heavy (non-hydrogen) atoms. The van der Waals surface area contributed by atoms with Crippen LogP contribution in [0.2, 0.25) is 0 Å². The maximum absolute atomic E-state index is 15.2. The lowest BCUT2D eigenvalue weighted by atomic mass is 9.90. The number of fused-ring (bicyclic) bond motifs is 1. The molecule has 5 N–H and O–H groups in total. The number of hydrogen-bond donors (Lipinski definition) is 4. The average molecular weight is 510 g/mol. The predicted octanol–water partition coefficient (Wildman–Crippen LogP) is -0.877. The van der Waals surface area contributed by atoms with Crippen molar-refractivity contribution in [3.05, 3.63) is 5.56 Å². The van der Waals surface area contributed by atoms with Crippen LogP contribution in [0.4, 0.5) is 20.4 Å². The van der Waals surface area contributed by atoms with Gasteiger partial charge in [0, 0.05) is 51.7 Å². The molecule has 5 heterocycles. The third-order valence-corrected chi connectivity index (χ3v) is 7.99. The molecule has 200 valence electrons. The molecule has 0 spiro atoms. The van der Waals surface area contributed by atoms with E-state index in [0.717, 1.165) is 26.2 Å². The van der Waals surface area contributed by atoms with Gasteiger partial charge in [-0.3, -0.25) is 14.5 Å². The first-order valence-corrected chi connectivity index (χ1v) is 12.9. The van der Waals surface area contributed by atoms with E-state index < -0.39 is 30.3 Å². The minimum Gasteiger partial charge on any atom is -0.381 e. The molecule has 0 radical (unpaired) electrons. The second-order valence-electron chi connectivity index (χ2n) is 10.5. The van der Waals surface area contributed by atoms with Gasteiger partial charge in [-0.2, -0.15) is 5.10 Å². The molecule has 4 aliphatic rings. The fourth-order valence-corrected chi connectivity index (χ4v) is 5.94. The normalized spacial score (nSPS) is 30.5. The van der Waals surface area contributed by atoms with Crippen LogP contribution in [0.15, 0.2) is 0 Å². The maximum atomic E-state index is 15.2. The number of likely N-dealkylation sites (tertiary alicyclic amines) is 1. The van der Waals surface area contributed by atoms with Gasteiger partial charge in [-0.25, -0.2) is 13.5 Å². The number of amides is 2. The second-order valence-corrected chi connectivity index (χ2v) is 10.5. The van der Waals surface area contributed by atoms with Crippen molar-refractivity contribution in [1.29, 1.82) is 0 Å². The number of hydrogen-bond acceptors (Lipinski definition) is 8. The smallest absolute Gasteiger partial charge is 0.259 e. The van der Waals surface area contributed by atoms with E-state index in [0.29, 0.717) is 38.3 Å². The molecule has 2 amide bonds. The Kier molecular flexibility index (Phi) is 7.31. The van der Waals surface area contributed by atoms with E-state index in [9.17, 15) is 14.0 Å². The number of halogens is 2. The van der Waals surface area contributed by atoms with E-state index in [1.165, 1.54) is 4.68 Å². The number of nitrogens with one attached hydrogen (secondary N) is 3. The first kappa shape index (κ1) is 25.2. The first-order chi connectivity index (χ1) is 17.3. The molecule has 4 aliphatic heterocycles. The third kappa shape index (κ3) is 5.00. The highest BCUT2D eigenvalue weighted by atomic mass is 19.1. The van der Waals surface area contributed by atoms with Gasteiger partial charge >= 0.3 is 0 Å². The quantitative estimate of drug-likeness (QED) is 0.413. The molecule has 4 atom stereocenters. The van der Waals surface area contributed by atoms with Crippen molar-refractivity contribution in [2.24, 2.45) is 5.92 Å². The number of carbonyl (C=O) groups excluding carboxylic acids is 2. The van der Waals surface area contributed by atoms with Crippen LogP contribution in [0, 0.1) is 5.92 Å². The van der Waals surface area contributed by atoms with Crippen LogP contribution in [-0.2, 0) is 11.3 Å². The lowest BCUT2D eigenvalue weighted by Crippen LogP contribution is -2.66. The number of nitrogens with two attached hydrogens (primary N) is 1. The van der Waals surface area contributed by atoms with Crippen molar-refractivity contribution in [3.63, 3.8) is 0 Å². The van der Waals surface area contributed by atoms with E-state index >= 15 is 4.39 Å². The summed E-state index contributed by atoms with van der Waals surface area (Å²) in [6.45, 7) is 5.23. The van der Waals surface area contributed by atoms with Crippen molar-refractivity contribution in [2.75, 3.05) is 77.0 Å². The van der Waals surface area contributed by atoms with Gasteiger partial charge in [-0.15, -0.1) is 0 Å². The molecule has 3 fully saturated rings. The predicted molar refractivity (Wildman–Crippen MR) is 131 cm³/mol. The standard InChI is InChI=1S/C23H37F2N9O2/c1-31-6-8-33(9-7-31)23(36)14-2-4-32(5-3-14)19-16(25)11-27-12-17(19)29-22(35)18-20(26)30-34-13-15(24)10-28-21(18)34/h14-17,19,27-28H,2-13H2,1H3,(H2,26,30)(H,29,35). The van der Waals surface area contributed by atoms with Crippen LogP contribution in [0.1, 0.15) is 23.2 Å². The number of piperidine rings is 2. The average Bonchev–Trinajstić information content (AvgIpc) is 3.19. The number of nitrogen functional groups attached to an aromatic ring is 1. The number of aromatic nitrogens is 2. The summed E-state index contributed by atoms with van der Waals surface area (Å²) in [5.74, 6) is 0.120. The maximum Gasteiger partial charge on any atom is 0.259 e. The number of nitrogens with zero attached hydrogens (tertiary/aromatic N) is 5.